The second-order valence-corrected chi connectivity index (χ2v) is 6.55. The summed E-state index contributed by atoms with van der Waals surface area (Å²) in [6.45, 7) is 0. The molecule has 0 atom stereocenters. The van der Waals surface area contributed by atoms with Crippen molar-refractivity contribution in [2.45, 2.75) is 38.1 Å². The van der Waals surface area contributed by atoms with Crippen LogP contribution in [-0.2, 0) is 4.79 Å². The first-order valence-corrected chi connectivity index (χ1v) is 8.26. The number of carbonyl (C=O) groups excluding carboxylic acids is 2. The van der Waals surface area contributed by atoms with Gasteiger partial charge in [-0.05, 0) is 36.7 Å². The molecular weight excluding hydrogens is 300 g/mol. The topological polar surface area (TPSA) is 75.2 Å². The summed E-state index contributed by atoms with van der Waals surface area (Å²) in [4.78, 5) is 34.1. The van der Waals surface area contributed by atoms with E-state index in [2.05, 4.69) is 20.2 Å². The third kappa shape index (κ3) is 3.30. The van der Waals surface area contributed by atoms with Crippen molar-refractivity contribution in [1.29, 1.82) is 0 Å². The molecule has 6 nitrogen and oxygen atoms in total. The Bertz CT molecular complexity index is 626. The fourth-order valence-corrected chi connectivity index (χ4v) is 3.47. The minimum absolute atomic E-state index is 0.343. The number of hydrogen-bond donors (Lipinski definition) is 1. The molecule has 1 aliphatic carbocycles. The molecule has 7 heteroatoms. The van der Waals surface area contributed by atoms with E-state index in [1.807, 2.05) is 7.05 Å². The fourth-order valence-electron chi connectivity index (χ4n) is 2.80. The van der Waals surface area contributed by atoms with Crippen molar-refractivity contribution < 1.29 is 9.59 Å². The summed E-state index contributed by atoms with van der Waals surface area (Å²) >= 11 is 0.898. The Balaban J connectivity index is 1.79. The number of carbonyl (C=O) groups is 2. The zero-order chi connectivity index (χ0) is 15.5. The van der Waals surface area contributed by atoms with Gasteiger partial charge in [0.15, 0.2) is 0 Å². The van der Waals surface area contributed by atoms with Gasteiger partial charge in [-0.1, -0.05) is 19.3 Å². The lowest BCUT2D eigenvalue weighted by Gasteiger charge is -2.31. The van der Waals surface area contributed by atoms with Gasteiger partial charge >= 0.3 is 0 Å². The highest BCUT2D eigenvalue weighted by Gasteiger charge is 2.25. The highest BCUT2D eigenvalue weighted by Crippen LogP contribution is 2.26. The van der Waals surface area contributed by atoms with Crippen LogP contribution in [0.25, 0.3) is 6.08 Å². The Morgan fingerprint density at radius 3 is 2.77 bits per heavy atom. The van der Waals surface area contributed by atoms with Crippen LogP contribution in [0.15, 0.2) is 17.2 Å². The predicted octanol–water partition coefficient (Wildman–Crippen LogP) is 2.57. The second-order valence-electron chi connectivity index (χ2n) is 5.54. The van der Waals surface area contributed by atoms with Crippen molar-refractivity contribution in [3.63, 3.8) is 0 Å². The van der Waals surface area contributed by atoms with Gasteiger partial charge < -0.3 is 4.90 Å². The van der Waals surface area contributed by atoms with Gasteiger partial charge in [-0.3, -0.25) is 14.9 Å². The molecule has 0 unspecified atom stereocenters. The van der Waals surface area contributed by atoms with Gasteiger partial charge in [-0.15, -0.1) is 0 Å². The first kappa shape index (κ1) is 15.0. The zero-order valence-electron chi connectivity index (χ0n) is 12.4. The number of hydrogen-bond acceptors (Lipinski definition) is 6. The smallest absolute Gasteiger partial charge is 0.290 e. The summed E-state index contributed by atoms with van der Waals surface area (Å²) in [7, 11) is 2.02. The summed E-state index contributed by atoms with van der Waals surface area (Å²) in [5.41, 5.74) is 0.639. The van der Waals surface area contributed by atoms with E-state index in [1.54, 1.807) is 18.3 Å². The van der Waals surface area contributed by atoms with E-state index >= 15 is 0 Å². The van der Waals surface area contributed by atoms with Crippen molar-refractivity contribution in [1.82, 2.24) is 15.3 Å². The molecule has 0 radical (unpaired) electrons. The second kappa shape index (κ2) is 6.48. The minimum atomic E-state index is -0.365. The summed E-state index contributed by atoms with van der Waals surface area (Å²) < 4.78 is 0. The number of rotatable bonds is 3. The van der Waals surface area contributed by atoms with E-state index in [4.69, 9.17) is 0 Å². The van der Waals surface area contributed by atoms with Crippen LogP contribution in [0.5, 0.6) is 0 Å². The van der Waals surface area contributed by atoms with E-state index in [1.165, 1.54) is 19.3 Å². The third-order valence-corrected chi connectivity index (χ3v) is 4.83. The lowest BCUT2D eigenvalue weighted by molar-refractivity contribution is -0.115. The van der Waals surface area contributed by atoms with Gasteiger partial charge in [-0.25, -0.2) is 9.97 Å². The summed E-state index contributed by atoms with van der Waals surface area (Å²) in [5, 5.41) is 1.90. The molecule has 1 aromatic rings. The number of nitrogens with zero attached hydrogens (tertiary/aromatic N) is 3. The summed E-state index contributed by atoms with van der Waals surface area (Å²) in [5.74, 6) is 0.298. The van der Waals surface area contributed by atoms with E-state index in [-0.39, 0.29) is 11.1 Å². The van der Waals surface area contributed by atoms with Crippen molar-refractivity contribution >= 4 is 34.9 Å². The van der Waals surface area contributed by atoms with Crippen LogP contribution in [0, 0.1) is 0 Å². The Morgan fingerprint density at radius 1 is 1.32 bits per heavy atom. The lowest BCUT2D eigenvalue weighted by Crippen LogP contribution is -2.34. The highest BCUT2D eigenvalue weighted by molar-refractivity contribution is 8.18. The minimum Gasteiger partial charge on any atom is -0.341 e. The van der Waals surface area contributed by atoms with Crippen molar-refractivity contribution in [2.24, 2.45) is 0 Å². The molecule has 0 aromatic carbocycles. The van der Waals surface area contributed by atoms with Gasteiger partial charge in [-0.2, -0.15) is 0 Å². The average molecular weight is 318 g/mol. The Hall–Kier alpha value is -1.89. The first-order chi connectivity index (χ1) is 10.6. The molecule has 1 aliphatic heterocycles. The maximum Gasteiger partial charge on any atom is 0.290 e. The van der Waals surface area contributed by atoms with Gasteiger partial charge in [0.25, 0.3) is 11.1 Å². The normalized spacial score (nSPS) is 21.2. The average Bonchev–Trinajstić information content (AvgIpc) is 2.85. The number of aromatic nitrogens is 2. The maximum absolute atomic E-state index is 11.6. The van der Waals surface area contributed by atoms with E-state index in [0.29, 0.717) is 22.6 Å². The number of amides is 2. The molecule has 2 heterocycles. The molecule has 3 rings (SSSR count). The van der Waals surface area contributed by atoms with Crippen LogP contribution < -0.4 is 10.2 Å². The van der Waals surface area contributed by atoms with Crippen LogP contribution in [0.4, 0.5) is 10.7 Å². The zero-order valence-corrected chi connectivity index (χ0v) is 13.2. The number of anilines is 1. The van der Waals surface area contributed by atoms with Crippen molar-refractivity contribution in [3.05, 3.63) is 22.9 Å². The standard InChI is InChI=1S/C15H18N4O2S/c1-19(11-5-3-2-4-6-11)14-16-8-7-10(17-14)9-12-13(20)18-15(21)22-12/h7-9,11H,2-6H2,1H3,(H,18,20,21). The Morgan fingerprint density at radius 2 is 2.09 bits per heavy atom. The molecule has 22 heavy (non-hydrogen) atoms. The molecule has 1 saturated heterocycles. The van der Waals surface area contributed by atoms with E-state index < -0.39 is 0 Å². The number of nitrogens with one attached hydrogen (secondary N) is 1. The van der Waals surface area contributed by atoms with Crippen LogP contribution in [-0.4, -0.2) is 34.2 Å². The SMILES string of the molecule is CN(c1nccc(C=C2SC(=O)NC2=O)n1)C1CCCCC1. The molecule has 0 spiro atoms. The van der Waals surface area contributed by atoms with Gasteiger partial charge in [0.1, 0.15) is 0 Å². The number of imide groups is 1. The quantitative estimate of drug-likeness (QED) is 0.863. The van der Waals surface area contributed by atoms with Crippen molar-refractivity contribution in [3.8, 4) is 0 Å². The largest absolute Gasteiger partial charge is 0.341 e. The predicted molar refractivity (Wildman–Crippen MR) is 86.4 cm³/mol. The van der Waals surface area contributed by atoms with Crippen molar-refractivity contribution in [2.75, 3.05) is 11.9 Å². The van der Waals surface area contributed by atoms with Gasteiger partial charge in [0.2, 0.25) is 5.95 Å². The summed E-state index contributed by atoms with van der Waals surface area (Å²) in [6, 6.07) is 2.21. The first-order valence-electron chi connectivity index (χ1n) is 7.44. The van der Waals surface area contributed by atoms with Gasteiger partial charge in [0.05, 0.1) is 10.6 Å². The lowest BCUT2D eigenvalue weighted by atomic mass is 9.95. The van der Waals surface area contributed by atoms with Crippen LogP contribution in [0.2, 0.25) is 0 Å². The molecule has 1 saturated carbocycles. The van der Waals surface area contributed by atoms with Crippen LogP contribution in [0.1, 0.15) is 37.8 Å². The molecule has 1 N–H and O–H groups in total. The van der Waals surface area contributed by atoms with E-state index in [0.717, 1.165) is 24.6 Å². The van der Waals surface area contributed by atoms with Crippen LogP contribution >= 0.6 is 11.8 Å². The Kier molecular flexibility index (Phi) is 4.42. The van der Waals surface area contributed by atoms with Crippen LogP contribution in [0.3, 0.4) is 0 Å². The van der Waals surface area contributed by atoms with E-state index in [9.17, 15) is 9.59 Å². The highest BCUT2D eigenvalue weighted by atomic mass is 32.2. The maximum atomic E-state index is 11.6. The molecular formula is C15H18N4O2S. The fraction of sp³-hybridized carbons (Fsp3) is 0.467. The molecule has 116 valence electrons. The molecule has 2 fully saturated rings. The molecule has 2 amide bonds. The monoisotopic (exact) mass is 318 g/mol. The summed E-state index contributed by atoms with van der Waals surface area (Å²) in [6.07, 6.45) is 9.45. The molecule has 2 aliphatic rings. The molecule has 1 aromatic heterocycles. The number of thioether (sulfide) groups is 1. The molecule has 0 bridgehead atoms. The third-order valence-electron chi connectivity index (χ3n) is 4.02. The van der Waals surface area contributed by atoms with Gasteiger partial charge in [0, 0.05) is 19.3 Å². The Labute approximate surface area is 133 Å².